The molecule has 1 saturated carbocycles. The van der Waals surface area contributed by atoms with Gasteiger partial charge in [0.25, 0.3) is 0 Å². The van der Waals surface area contributed by atoms with E-state index in [1.807, 2.05) is 18.2 Å². The number of carbonyl (C=O) groups is 1. The molecule has 0 bridgehead atoms. The number of aromatic nitrogens is 2. The third-order valence-electron chi connectivity index (χ3n) is 5.33. The average Bonchev–Trinajstić information content (AvgIpc) is 3.33. The smallest absolute Gasteiger partial charge is 0.188 e. The summed E-state index contributed by atoms with van der Waals surface area (Å²) >= 11 is 6.75. The Balaban J connectivity index is 1.45. The second kappa shape index (κ2) is 10.1. The van der Waals surface area contributed by atoms with Crippen LogP contribution in [0, 0.1) is 11.8 Å². The Bertz CT molecular complexity index is 1010. The van der Waals surface area contributed by atoms with E-state index in [9.17, 15) is 4.79 Å². The topological polar surface area (TPSA) is 54.9 Å². The number of carbonyl (C=O) groups excluding carboxylic acids is 1. The minimum atomic E-state index is 0.131. The minimum absolute atomic E-state index is 0.131. The van der Waals surface area contributed by atoms with E-state index in [1.54, 1.807) is 29.3 Å². The van der Waals surface area contributed by atoms with Gasteiger partial charge in [-0.25, -0.2) is 9.97 Å². The predicted molar refractivity (Wildman–Crippen MR) is 128 cm³/mol. The maximum absolute atomic E-state index is 12.6. The first kappa shape index (κ1) is 21.5. The molecule has 2 heterocycles. The Morgan fingerprint density at radius 1 is 1.23 bits per heavy atom. The van der Waals surface area contributed by atoms with Gasteiger partial charge < -0.3 is 5.32 Å². The number of anilines is 2. The van der Waals surface area contributed by atoms with Crippen LogP contribution in [0.4, 0.5) is 10.9 Å². The largest absolute Gasteiger partial charge is 0.315 e. The molecule has 2 aromatic heterocycles. The number of benzene rings is 1. The quantitative estimate of drug-likeness (QED) is 0.355. The van der Waals surface area contributed by atoms with Crippen LogP contribution in [-0.4, -0.2) is 15.8 Å². The summed E-state index contributed by atoms with van der Waals surface area (Å²) in [5.74, 6) is 1.62. The fourth-order valence-corrected chi connectivity index (χ4v) is 6.02. The minimum Gasteiger partial charge on any atom is -0.315 e. The highest BCUT2D eigenvalue weighted by Gasteiger charge is 2.33. The monoisotopic (exact) mass is 501 g/mol. The van der Waals surface area contributed by atoms with Crippen LogP contribution in [-0.2, 0) is 11.2 Å². The normalized spacial score (nSPS) is 18.7. The highest BCUT2D eigenvalue weighted by molar-refractivity contribution is 9.10. The molecule has 0 amide bonds. The molecule has 0 aliphatic heterocycles. The molecule has 1 fully saturated rings. The van der Waals surface area contributed by atoms with Gasteiger partial charge in [-0.1, -0.05) is 43.3 Å². The van der Waals surface area contributed by atoms with Gasteiger partial charge in [-0.2, -0.15) is 0 Å². The van der Waals surface area contributed by atoms with Crippen molar-refractivity contribution >= 4 is 55.8 Å². The summed E-state index contributed by atoms with van der Waals surface area (Å²) in [6, 6.07) is 12.3. The van der Waals surface area contributed by atoms with Crippen LogP contribution in [0.15, 0.2) is 62.2 Å². The summed E-state index contributed by atoms with van der Waals surface area (Å²) < 4.78 is 0.938. The van der Waals surface area contributed by atoms with Crippen molar-refractivity contribution < 1.29 is 4.79 Å². The van der Waals surface area contributed by atoms with Crippen LogP contribution in [0.3, 0.4) is 0 Å². The Kier molecular flexibility index (Phi) is 7.23. The van der Waals surface area contributed by atoms with E-state index in [1.165, 1.54) is 0 Å². The van der Waals surface area contributed by atoms with Crippen LogP contribution < -0.4 is 5.32 Å². The fourth-order valence-electron chi connectivity index (χ4n) is 3.88. The van der Waals surface area contributed by atoms with Crippen molar-refractivity contribution in [2.45, 2.75) is 48.8 Å². The van der Waals surface area contributed by atoms with Gasteiger partial charge in [0.15, 0.2) is 5.13 Å². The zero-order valence-electron chi connectivity index (χ0n) is 16.8. The Hall–Kier alpha value is -1.70. The zero-order chi connectivity index (χ0) is 20.9. The number of Topliss-reactive ketones (excluding diaryl/α,β-unsaturated/α-hetero) is 1. The Morgan fingerprint density at radius 2 is 2.03 bits per heavy atom. The van der Waals surface area contributed by atoms with Gasteiger partial charge in [0.2, 0.25) is 0 Å². The van der Waals surface area contributed by atoms with Crippen molar-refractivity contribution in [3.05, 3.63) is 58.1 Å². The molecule has 0 spiro atoms. The van der Waals surface area contributed by atoms with Crippen molar-refractivity contribution in [1.82, 2.24) is 9.97 Å². The van der Waals surface area contributed by atoms with E-state index in [2.05, 4.69) is 56.7 Å². The number of thiazole rings is 1. The number of halogens is 1. The maximum Gasteiger partial charge on any atom is 0.188 e. The molecule has 7 heteroatoms. The van der Waals surface area contributed by atoms with Gasteiger partial charge in [0, 0.05) is 39.2 Å². The lowest BCUT2D eigenvalue weighted by molar-refractivity contribution is -0.124. The Morgan fingerprint density at radius 3 is 2.83 bits per heavy atom. The van der Waals surface area contributed by atoms with E-state index < -0.39 is 0 Å². The summed E-state index contributed by atoms with van der Waals surface area (Å²) in [4.78, 5) is 24.1. The molecule has 156 valence electrons. The zero-order valence-corrected chi connectivity index (χ0v) is 20.0. The molecule has 4 rings (SSSR count). The summed E-state index contributed by atoms with van der Waals surface area (Å²) in [7, 11) is 0. The second-order valence-corrected chi connectivity index (χ2v) is 10.4. The number of pyridine rings is 1. The first-order chi connectivity index (χ1) is 14.6. The van der Waals surface area contributed by atoms with Crippen LogP contribution >= 0.6 is 39.0 Å². The highest BCUT2D eigenvalue weighted by Crippen LogP contribution is 2.37. The first-order valence-electron chi connectivity index (χ1n) is 10.3. The summed E-state index contributed by atoms with van der Waals surface area (Å²) in [5.41, 5.74) is 0.993. The number of rotatable bonds is 8. The predicted octanol–water partition coefficient (Wildman–Crippen LogP) is 7.13. The van der Waals surface area contributed by atoms with Gasteiger partial charge in [-0.05, 0) is 53.4 Å². The molecular weight excluding hydrogens is 478 g/mol. The molecule has 1 aliphatic rings. The molecule has 1 aliphatic carbocycles. The average molecular weight is 503 g/mol. The van der Waals surface area contributed by atoms with Crippen LogP contribution in [0.2, 0.25) is 0 Å². The molecule has 3 aromatic rings. The Labute approximate surface area is 194 Å². The molecular formula is C23H24BrN3OS2. The van der Waals surface area contributed by atoms with Crippen molar-refractivity contribution in [2.75, 3.05) is 5.32 Å². The van der Waals surface area contributed by atoms with Crippen LogP contribution in [0.5, 0.6) is 0 Å². The first-order valence-corrected chi connectivity index (χ1v) is 12.7. The number of nitrogens with zero attached hydrogens (tertiary/aromatic N) is 2. The summed E-state index contributed by atoms with van der Waals surface area (Å²) in [6.07, 6.45) is 6.67. The van der Waals surface area contributed by atoms with Gasteiger partial charge in [-0.3, -0.25) is 4.79 Å². The van der Waals surface area contributed by atoms with Crippen molar-refractivity contribution in [3.8, 4) is 0 Å². The van der Waals surface area contributed by atoms with Crippen LogP contribution in [0.25, 0.3) is 0 Å². The van der Waals surface area contributed by atoms with Gasteiger partial charge in [0.05, 0.1) is 10.6 Å². The van der Waals surface area contributed by atoms with E-state index >= 15 is 0 Å². The number of hydrogen-bond acceptors (Lipinski definition) is 6. The number of ketones is 1. The molecule has 1 aromatic carbocycles. The fraction of sp³-hybridized carbons (Fsp3) is 0.348. The highest BCUT2D eigenvalue weighted by atomic mass is 79.9. The van der Waals surface area contributed by atoms with Crippen molar-refractivity contribution in [1.29, 1.82) is 0 Å². The molecule has 4 nitrogen and oxygen atoms in total. The molecule has 2 atom stereocenters. The van der Waals surface area contributed by atoms with E-state index in [0.717, 1.165) is 63.0 Å². The standard InChI is InChI=1S/C23H24BrN3OS2/c1-2-6-15-9-10-16(21(15)28)11-18-14-29-23(26-18)27-22-20(12-17(24)13-25-22)30-19-7-4-3-5-8-19/h3-5,7-8,12-16H,2,6,9-11H2,1H3,(H,25,26,27). The lowest BCUT2D eigenvalue weighted by atomic mass is 9.96. The molecule has 2 unspecified atom stereocenters. The number of nitrogens with one attached hydrogen (secondary N) is 1. The molecule has 0 saturated heterocycles. The molecule has 1 N–H and O–H groups in total. The summed E-state index contributed by atoms with van der Waals surface area (Å²) in [5, 5.41) is 6.25. The second-order valence-electron chi connectivity index (χ2n) is 7.55. The lowest BCUT2D eigenvalue weighted by Crippen LogP contribution is -2.16. The lowest BCUT2D eigenvalue weighted by Gasteiger charge is -2.10. The van der Waals surface area contributed by atoms with E-state index in [4.69, 9.17) is 4.98 Å². The van der Waals surface area contributed by atoms with Gasteiger partial charge >= 0.3 is 0 Å². The van der Waals surface area contributed by atoms with Crippen molar-refractivity contribution in [2.24, 2.45) is 11.8 Å². The van der Waals surface area contributed by atoms with Crippen LogP contribution in [0.1, 0.15) is 38.3 Å². The van der Waals surface area contributed by atoms with Crippen molar-refractivity contribution in [3.63, 3.8) is 0 Å². The molecule has 30 heavy (non-hydrogen) atoms. The van der Waals surface area contributed by atoms with Gasteiger partial charge in [0.1, 0.15) is 11.6 Å². The van der Waals surface area contributed by atoms with Gasteiger partial charge in [-0.15, -0.1) is 11.3 Å². The third-order valence-corrected chi connectivity index (χ3v) is 7.61. The maximum atomic E-state index is 12.6. The van der Waals surface area contributed by atoms with E-state index in [-0.39, 0.29) is 11.8 Å². The summed E-state index contributed by atoms with van der Waals surface area (Å²) in [6.45, 7) is 2.15. The molecule has 0 radical (unpaired) electrons. The van der Waals surface area contributed by atoms with E-state index in [0.29, 0.717) is 5.78 Å². The third kappa shape index (κ3) is 5.31. The SMILES string of the molecule is CCCC1CCC(Cc2csc(Nc3ncc(Br)cc3Sc3ccccc3)n2)C1=O. The number of hydrogen-bond donors (Lipinski definition) is 1.